The first-order chi connectivity index (χ1) is 12.8. The lowest BCUT2D eigenvalue weighted by atomic mass is 10.0. The number of sulfonamides is 1. The summed E-state index contributed by atoms with van der Waals surface area (Å²) >= 11 is 5.70. The summed E-state index contributed by atoms with van der Waals surface area (Å²) < 4.78 is 40.1. The van der Waals surface area contributed by atoms with Crippen LogP contribution in [0.2, 0.25) is 5.02 Å². The predicted molar refractivity (Wildman–Crippen MR) is 103 cm³/mol. The fourth-order valence-corrected chi connectivity index (χ4v) is 4.58. The molecule has 0 spiro atoms. The number of nitrogens with one attached hydrogen (secondary N) is 1. The Kier molecular flexibility index (Phi) is 5.83. The minimum Gasteiger partial charge on any atom is -0.322 e. The summed E-state index contributed by atoms with van der Waals surface area (Å²) in [7, 11) is -3.55. The molecule has 0 aromatic heterocycles. The van der Waals surface area contributed by atoms with Gasteiger partial charge in [0.15, 0.2) is 0 Å². The van der Waals surface area contributed by atoms with Crippen LogP contribution in [-0.2, 0) is 10.0 Å². The SMILES string of the molecule is CC1CCN(S(=O)(=O)c2ccc(C(=O)Nc3ccc(F)c(Cl)c3)cc2)CC1. The lowest BCUT2D eigenvalue weighted by Crippen LogP contribution is -2.37. The first-order valence-corrected chi connectivity index (χ1v) is 10.5. The van der Waals surface area contributed by atoms with Gasteiger partial charge in [0.2, 0.25) is 10.0 Å². The Morgan fingerprint density at radius 2 is 1.78 bits per heavy atom. The highest BCUT2D eigenvalue weighted by molar-refractivity contribution is 7.89. The molecule has 1 amide bonds. The first kappa shape index (κ1) is 19.8. The number of nitrogens with zero attached hydrogens (tertiary/aromatic N) is 1. The van der Waals surface area contributed by atoms with E-state index in [0.29, 0.717) is 30.3 Å². The van der Waals surface area contributed by atoms with Gasteiger partial charge in [-0.2, -0.15) is 4.31 Å². The van der Waals surface area contributed by atoms with E-state index in [9.17, 15) is 17.6 Å². The molecule has 2 aromatic carbocycles. The number of piperidine rings is 1. The Bertz CT molecular complexity index is 940. The normalized spacial score (nSPS) is 16.3. The zero-order valence-electron chi connectivity index (χ0n) is 14.8. The molecule has 1 fully saturated rings. The fourth-order valence-electron chi connectivity index (χ4n) is 2.93. The van der Waals surface area contributed by atoms with E-state index < -0.39 is 21.7 Å². The molecule has 8 heteroatoms. The maximum atomic E-state index is 13.2. The summed E-state index contributed by atoms with van der Waals surface area (Å²) in [5.41, 5.74) is 0.646. The van der Waals surface area contributed by atoms with Crippen molar-refractivity contribution in [1.82, 2.24) is 4.31 Å². The Morgan fingerprint density at radius 3 is 2.37 bits per heavy atom. The van der Waals surface area contributed by atoms with Crippen LogP contribution in [0, 0.1) is 11.7 Å². The van der Waals surface area contributed by atoms with Crippen LogP contribution in [0.25, 0.3) is 0 Å². The van der Waals surface area contributed by atoms with Gasteiger partial charge in [-0.1, -0.05) is 18.5 Å². The van der Waals surface area contributed by atoms with Crippen molar-refractivity contribution < 1.29 is 17.6 Å². The smallest absolute Gasteiger partial charge is 0.255 e. The van der Waals surface area contributed by atoms with Crippen molar-refractivity contribution in [3.05, 3.63) is 58.9 Å². The number of halogens is 2. The van der Waals surface area contributed by atoms with E-state index in [0.717, 1.165) is 18.9 Å². The topological polar surface area (TPSA) is 66.5 Å². The van der Waals surface area contributed by atoms with Crippen LogP contribution >= 0.6 is 11.6 Å². The molecule has 0 bridgehead atoms. The van der Waals surface area contributed by atoms with E-state index >= 15 is 0 Å². The maximum Gasteiger partial charge on any atom is 0.255 e. The Hall–Kier alpha value is -1.96. The molecule has 5 nitrogen and oxygen atoms in total. The summed E-state index contributed by atoms with van der Waals surface area (Å²) in [6.45, 7) is 3.14. The molecule has 2 aromatic rings. The summed E-state index contributed by atoms with van der Waals surface area (Å²) in [6.07, 6.45) is 1.69. The van der Waals surface area contributed by atoms with Crippen LogP contribution in [0.15, 0.2) is 47.4 Å². The number of carbonyl (C=O) groups is 1. The zero-order chi connectivity index (χ0) is 19.6. The van der Waals surface area contributed by atoms with Crippen LogP contribution in [-0.4, -0.2) is 31.7 Å². The highest BCUT2D eigenvalue weighted by atomic mass is 35.5. The zero-order valence-corrected chi connectivity index (χ0v) is 16.4. The third-order valence-electron chi connectivity index (χ3n) is 4.67. The lowest BCUT2D eigenvalue weighted by molar-refractivity contribution is 0.102. The predicted octanol–water partition coefficient (Wildman–Crippen LogP) is 4.15. The van der Waals surface area contributed by atoms with Crippen molar-refractivity contribution in [2.45, 2.75) is 24.7 Å². The average molecular weight is 411 g/mol. The standard InChI is InChI=1S/C19H20ClFN2O3S/c1-13-8-10-23(11-9-13)27(25,26)16-5-2-14(3-6-16)19(24)22-15-4-7-18(21)17(20)12-15/h2-7,12-13H,8-11H2,1H3,(H,22,24). The molecule has 0 saturated carbocycles. The Morgan fingerprint density at radius 1 is 1.15 bits per heavy atom. The second-order valence-corrected chi connectivity index (χ2v) is 9.04. The Balaban J connectivity index is 1.72. The molecule has 0 unspecified atom stereocenters. The summed E-state index contributed by atoms with van der Waals surface area (Å²) in [4.78, 5) is 12.5. The van der Waals surface area contributed by atoms with Gasteiger partial charge in [-0.05, 0) is 61.2 Å². The summed E-state index contributed by atoms with van der Waals surface area (Å²) in [5, 5.41) is 2.51. The molecular formula is C19H20ClFN2O3S. The van der Waals surface area contributed by atoms with Crippen molar-refractivity contribution in [3.8, 4) is 0 Å². The summed E-state index contributed by atoms with van der Waals surface area (Å²) in [6, 6.07) is 9.65. The monoisotopic (exact) mass is 410 g/mol. The molecule has 3 rings (SSSR count). The van der Waals surface area contributed by atoms with Gasteiger partial charge in [0, 0.05) is 24.3 Å². The van der Waals surface area contributed by atoms with E-state index in [1.165, 1.54) is 40.7 Å². The van der Waals surface area contributed by atoms with E-state index in [4.69, 9.17) is 11.6 Å². The minimum absolute atomic E-state index is 0.0925. The second kappa shape index (κ2) is 7.96. The largest absolute Gasteiger partial charge is 0.322 e. The highest BCUT2D eigenvalue weighted by Crippen LogP contribution is 2.24. The van der Waals surface area contributed by atoms with E-state index in [2.05, 4.69) is 12.2 Å². The number of carbonyl (C=O) groups excluding carboxylic acids is 1. The van der Waals surface area contributed by atoms with E-state index in [1.54, 1.807) is 0 Å². The number of hydrogen-bond acceptors (Lipinski definition) is 3. The Labute approximate surface area is 163 Å². The number of amides is 1. The number of benzene rings is 2. The number of rotatable bonds is 4. The van der Waals surface area contributed by atoms with Gasteiger partial charge in [0.05, 0.1) is 9.92 Å². The second-order valence-electron chi connectivity index (χ2n) is 6.69. The van der Waals surface area contributed by atoms with Crippen LogP contribution in [0.1, 0.15) is 30.1 Å². The van der Waals surface area contributed by atoms with Gasteiger partial charge in [0.25, 0.3) is 5.91 Å². The van der Waals surface area contributed by atoms with Crippen molar-refractivity contribution in [2.75, 3.05) is 18.4 Å². The van der Waals surface area contributed by atoms with Gasteiger partial charge in [-0.3, -0.25) is 4.79 Å². The summed E-state index contributed by atoms with van der Waals surface area (Å²) in [5.74, 6) is -0.479. The van der Waals surface area contributed by atoms with E-state index in [-0.39, 0.29) is 9.92 Å². The van der Waals surface area contributed by atoms with Crippen LogP contribution in [0.3, 0.4) is 0 Å². The maximum absolute atomic E-state index is 13.2. The molecule has 27 heavy (non-hydrogen) atoms. The molecule has 0 aliphatic carbocycles. The van der Waals surface area contributed by atoms with Crippen LogP contribution in [0.5, 0.6) is 0 Å². The van der Waals surface area contributed by atoms with Crippen LogP contribution in [0.4, 0.5) is 10.1 Å². The first-order valence-electron chi connectivity index (χ1n) is 8.64. The number of hydrogen-bond donors (Lipinski definition) is 1. The van der Waals surface area contributed by atoms with E-state index in [1.807, 2.05) is 0 Å². The highest BCUT2D eigenvalue weighted by Gasteiger charge is 2.28. The third-order valence-corrected chi connectivity index (χ3v) is 6.88. The lowest BCUT2D eigenvalue weighted by Gasteiger charge is -2.29. The van der Waals surface area contributed by atoms with Crippen molar-refractivity contribution >= 4 is 33.2 Å². The fraction of sp³-hybridized carbons (Fsp3) is 0.316. The van der Waals surface area contributed by atoms with Gasteiger partial charge >= 0.3 is 0 Å². The molecule has 0 radical (unpaired) electrons. The minimum atomic E-state index is -3.55. The molecule has 0 atom stereocenters. The van der Waals surface area contributed by atoms with Crippen molar-refractivity contribution in [3.63, 3.8) is 0 Å². The van der Waals surface area contributed by atoms with Gasteiger partial charge < -0.3 is 5.32 Å². The molecule has 1 aliphatic heterocycles. The van der Waals surface area contributed by atoms with Gasteiger partial charge in [-0.15, -0.1) is 0 Å². The number of anilines is 1. The molecular weight excluding hydrogens is 391 g/mol. The molecule has 1 aliphatic rings. The molecule has 1 heterocycles. The van der Waals surface area contributed by atoms with Crippen molar-refractivity contribution in [1.29, 1.82) is 0 Å². The third kappa shape index (κ3) is 4.48. The average Bonchev–Trinajstić information content (AvgIpc) is 2.65. The van der Waals surface area contributed by atoms with Crippen LogP contribution < -0.4 is 5.32 Å². The van der Waals surface area contributed by atoms with Crippen molar-refractivity contribution in [2.24, 2.45) is 5.92 Å². The van der Waals surface area contributed by atoms with Gasteiger partial charge in [-0.25, -0.2) is 12.8 Å². The molecule has 1 N–H and O–H groups in total. The molecule has 1 saturated heterocycles. The van der Waals surface area contributed by atoms with Gasteiger partial charge in [0.1, 0.15) is 5.82 Å². The quantitative estimate of drug-likeness (QED) is 0.823. The molecule has 144 valence electrons.